The third kappa shape index (κ3) is 4.86. The first kappa shape index (κ1) is 21.1. The van der Waals surface area contributed by atoms with Crippen molar-refractivity contribution in [1.82, 2.24) is 4.90 Å². The molecule has 0 spiro atoms. The zero-order chi connectivity index (χ0) is 20.8. The van der Waals surface area contributed by atoms with Gasteiger partial charge in [-0.3, -0.25) is 4.90 Å². The lowest BCUT2D eigenvalue weighted by Gasteiger charge is -2.31. The smallest absolute Gasteiger partial charge is 0.355 e. The Hall–Kier alpha value is -2.65. The van der Waals surface area contributed by atoms with E-state index >= 15 is 0 Å². The maximum Gasteiger partial charge on any atom is 0.355 e. The highest BCUT2D eigenvalue weighted by molar-refractivity contribution is 6.03. The molecular formula is C20H25FN2O6. The van der Waals surface area contributed by atoms with Crippen LogP contribution >= 0.6 is 0 Å². The van der Waals surface area contributed by atoms with Gasteiger partial charge >= 0.3 is 11.9 Å². The van der Waals surface area contributed by atoms with Gasteiger partial charge in [-0.2, -0.15) is 0 Å². The molecule has 3 rings (SSSR count). The predicted molar refractivity (Wildman–Crippen MR) is 102 cm³/mol. The van der Waals surface area contributed by atoms with E-state index in [0.29, 0.717) is 12.3 Å². The Morgan fingerprint density at radius 3 is 2.52 bits per heavy atom. The summed E-state index contributed by atoms with van der Waals surface area (Å²) in [5.41, 5.74) is 0.306. The first-order valence-corrected chi connectivity index (χ1v) is 9.45. The molecule has 0 unspecified atom stereocenters. The molecular weight excluding hydrogens is 383 g/mol. The van der Waals surface area contributed by atoms with Crippen molar-refractivity contribution >= 4 is 17.6 Å². The molecule has 2 aliphatic rings. The summed E-state index contributed by atoms with van der Waals surface area (Å²) < 4.78 is 35.1. The minimum atomic E-state index is -0.736. The molecule has 8 nitrogen and oxygen atoms in total. The van der Waals surface area contributed by atoms with Crippen LogP contribution in [0.3, 0.4) is 0 Å². The van der Waals surface area contributed by atoms with Gasteiger partial charge in [0.1, 0.15) is 19.0 Å². The second-order valence-electron chi connectivity index (χ2n) is 6.73. The van der Waals surface area contributed by atoms with Crippen molar-refractivity contribution in [1.29, 1.82) is 0 Å². The van der Waals surface area contributed by atoms with E-state index in [1.54, 1.807) is 6.07 Å². The summed E-state index contributed by atoms with van der Waals surface area (Å²) in [5, 5.41) is 0. The van der Waals surface area contributed by atoms with Gasteiger partial charge in [-0.25, -0.2) is 14.0 Å². The molecule has 0 aliphatic carbocycles. The second-order valence-corrected chi connectivity index (χ2v) is 6.73. The number of benzene rings is 1. The highest BCUT2D eigenvalue weighted by atomic mass is 19.1. The minimum absolute atomic E-state index is 0.0111. The van der Waals surface area contributed by atoms with Crippen LogP contribution in [0.5, 0.6) is 5.75 Å². The number of halogens is 1. The standard InChI is InChI=1S/C20H25FN2O6/c1-26-19(24)15-12-28-13-23(18(15)20(25)27-2)14-5-6-17(16(21)11-14)29-10-9-22-7-3-4-8-22/h5-6,11H,3-4,7-10,12-13H2,1-2H3. The molecule has 1 aromatic carbocycles. The van der Waals surface area contributed by atoms with E-state index in [0.717, 1.165) is 19.6 Å². The van der Waals surface area contributed by atoms with E-state index in [4.69, 9.17) is 18.9 Å². The molecule has 0 atom stereocenters. The summed E-state index contributed by atoms with van der Waals surface area (Å²) in [6.45, 7) is 3.09. The lowest BCUT2D eigenvalue weighted by atomic mass is 10.1. The molecule has 2 aliphatic heterocycles. The Balaban J connectivity index is 1.78. The molecule has 1 aromatic rings. The predicted octanol–water partition coefficient (Wildman–Crippen LogP) is 1.69. The topological polar surface area (TPSA) is 77.5 Å². The number of carbonyl (C=O) groups excluding carboxylic acids is 2. The molecule has 0 aromatic heterocycles. The van der Waals surface area contributed by atoms with E-state index < -0.39 is 17.8 Å². The van der Waals surface area contributed by atoms with E-state index in [2.05, 4.69) is 4.90 Å². The summed E-state index contributed by atoms with van der Waals surface area (Å²) in [6, 6.07) is 4.33. The number of likely N-dealkylation sites (tertiary alicyclic amines) is 1. The molecule has 0 amide bonds. The number of methoxy groups -OCH3 is 2. The van der Waals surface area contributed by atoms with Crippen molar-refractivity contribution in [3.05, 3.63) is 35.3 Å². The Labute approximate surface area is 168 Å². The Morgan fingerprint density at radius 1 is 1.14 bits per heavy atom. The van der Waals surface area contributed by atoms with Crippen molar-refractivity contribution in [2.24, 2.45) is 0 Å². The number of rotatable bonds is 7. The minimum Gasteiger partial charge on any atom is -0.489 e. The molecule has 29 heavy (non-hydrogen) atoms. The van der Waals surface area contributed by atoms with Crippen LogP contribution < -0.4 is 9.64 Å². The monoisotopic (exact) mass is 408 g/mol. The fourth-order valence-electron chi connectivity index (χ4n) is 3.41. The Bertz CT molecular complexity index is 791. The third-order valence-corrected chi connectivity index (χ3v) is 4.92. The maximum atomic E-state index is 14.6. The normalized spacial score (nSPS) is 17.4. The van der Waals surface area contributed by atoms with Gasteiger partial charge in [-0.05, 0) is 38.1 Å². The number of carbonyl (C=O) groups is 2. The Morgan fingerprint density at radius 2 is 1.86 bits per heavy atom. The highest BCUT2D eigenvalue weighted by Crippen LogP contribution is 2.30. The van der Waals surface area contributed by atoms with Crippen molar-refractivity contribution in [3.8, 4) is 5.75 Å². The zero-order valence-corrected chi connectivity index (χ0v) is 16.6. The van der Waals surface area contributed by atoms with Crippen LogP contribution in [-0.2, 0) is 23.8 Å². The third-order valence-electron chi connectivity index (χ3n) is 4.92. The van der Waals surface area contributed by atoms with Crippen LogP contribution in [0.2, 0.25) is 0 Å². The van der Waals surface area contributed by atoms with E-state index in [-0.39, 0.29) is 30.4 Å². The number of ether oxygens (including phenoxy) is 4. The molecule has 0 radical (unpaired) electrons. The van der Waals surface area contributed by atoms with E-state index in [9.17, 15) is 14.0 Å². The lowest BCUT2D eigenvalue weighted by Crippen LogP contribution is -2.38. The molecule has 0 saturated carbocycles. The number of esters is 2. The molecule has 9 heteroatoms. The van der Waals surface area contributed by atoms with Crippen LogP contribution in [0.15, 0.2) is 29.5 Å². The van der Waals surface area contributed by atoms with Crippen LogP contribution in [0.1, 0.15) is 12.8 Å². The van der Waals surface area contributed by atoms with Crippen LogP contribution in [0, 0.1) is 5.82 Å². The van der Waals surface area contributed by atoms with Crippen molar-refractivity contribution < 1.29 is 32.9 Å². The average molecular weight is 408 g/mol. The largest absolute Gasteiger partial charge is 0.489 e. The van der Waals surface area contributed by atoms with Gasteiger partial charge in [0.25, 0.3) is 0 Å². The average Bonchev–Trinajstić information content (AvgIpc) is 3.26. The number of hydrogen-bond donors (Lipinski definition) is 0. The van der Waals surface area contributed by atoms with Crippen molar-refractivity contribution in [2.75, 3.05) is 58.7 Å². The van der Waals surface area contributed by atoms with Gasteiger partial charge in [0.2, 0.25) is 0 Å². The van der Waals surface area contributed by atoms with Gasteiger partial charge in [-0.1, -0.05) is 0 Å². The fraction of sp³-hybridized carbons (Fsp3) is 0.500. The molecule has 0 N–H and O–H groups in total. The van der Waals surface area contributed by atoms with Crippen LogP contribution in [-0.4, -0.2) is 70.6 Å². The zero-order valence-electron chi connectivity index (χ0n) is 16.6. The van der Waals surface area contributed by atoms with Crippen molar-refractivity contribution in [2.45, 2.75) is 12.8 Å². The summed E-state index contributed by atoms with van der Waals surface area (Å²) in [7, 11) is 2.41. The quantitative estimate of drug-likeness (QED) is 0.631. The highest BCUT2D eigenvalue weighted by Gasteiger charge is 2.32. The van der Waals surface area contributed by atoms with Crippen molar-refractivity contribution in [3.63, 3.8) is 0 Å². The number of anilines is 1. The van der Waals surface area contributed by atoms with Gasteiger partial charge in [0, 0.05) is 18.3 Å². The van der Waals surface area contributed by atoms with Gasteiger partial charge in [0.15, 0.2) is 11.6 Å². The SMILES string of the molecule is COC(=O)C1=C(C(=O)OC)N(c2ccc(OCCN3CCCC3)c(F)c2)COC1. The molecule has 1 saturated heterocycles. The summed E-state index contributed by atoms with van der Waals surface area (Å²) >= 11 is 0. The summed E-state index contributed by atoms with van der Waals surface area (Å²) in [4.78, 5) is 28.0. The van der Waals surface area contributed by atoms with Gasteiger partial charge in [0.05, 0.1) is 26.4 Å². The lowest BCUT2D eigenvalue weighted by molar-refractivity contribution is -0.140. The molecule has 2 heterocycles. The van der Waals surface area contributed by atoms with Crippen LogP contribution in [0.25, 0.3) is 0 Å². The van der Waals surface area contributed by atoms with E-state index in [1.807, 2.05) is 0 Å². The first-order valence-electron chi connectivity index (χ1n) is 9.45. The first-order chi connectivity index (χ1) is 14.0. The summed E-state index contributed by atoms with van der Waals surface area (Å²) in [5.74, 6) is -1.89. The van der Waals surface area contributed by atoms with Gasteiger partial charge < -0.3 is 23.8 Å². The summed E-state index contributed by atoms with van der Waals surface area (Å²) in [6.07, 6.45) is 2.37. The number of nitrogens with zero attached hydrogens (tertiary/aromatic N) is 2. The van der Waals surface area contributed by atoms with Gasteiger partial charge in [-0.15, -0.1) is 0 Å². The molecule has 0 bridgehead atoms. The second kappa shape index (κ2) is 9.71. The molecule has 1 fully saturated rings. The number of hydrogen-bond acceptors (Lipinski definition) is 8. The van der Waals surface area contributed by atoms with Crippen LogP contribution in [0.4, 0.5) is 10.1 Å². The Kier molecular flexibility index (Phi) is 7.05. The molecule has 158 valence electrons. The maximum absolute atomic E-state index is 14.6. The van der Waals surface area contributed by atoms with E-state index in [1.165, 1.54) is 44.1 Å². The fourth-order valence-corrected chi connectivity index (χ4v) is 3.41.